The molecule has 0 aliphatic carbocycles. The highest BCUT2D eigenvalue weighted by atomic mass is 35.5. The minimum Gasteiger partial charge on any atom is -0.349 e. The van der Waals surface area contributed by atoms with Crippen LogP contribution in [0, 0.1) is 0 Å². The maximum Gasteiger partial charge on any atom is 0.129 e. The second-order valence-electron chi connectivity index (χ2n) is 3.32. The van der Waals surface area contributed by atoms with Crippen LogP contribution in [0.2, 0.25) is 5.02 Å². The summed E-state index contributed by atoms with van der Waals surface area (Å²) in [6.45, 7) is 9.26. The van der Waals surface area contributed by atoms with E-state index in [4.69, 9.17) is 17.3 Å². The van der Waals surface area contributed by atoms with Gasteiger partial charge in [-0.25, -0.2) is 4.98 Å². The molecule has 1 rings (SSSR count). The van der Waals surface area contributed by atoms with Crippen LogP contribution < -0.4 is 10.6 Å². The van der Waals surface area contributed by atoms with E-state index < -0.39 is 0 Å². The van der Waals surface area contributed by atoms with Crippen LogP contribution in [0.3, 0.4) is 0 Å². The van der Waals surface area contributed by atoms with E-state index in [1.165, 1.54) is 0 Å². The zero-order valence-corrected chi connectivity index (χ0v) is 9.95. The third kappa shape index (κ3) is 3.08. The van der Waals surface area contributed by atoms with Crippen LogP contribution in [0.4, 0.5) is 5.82 Å². The van der Waals surface area contributed by atoms with Crippen molar-refractivity contribution in [2.75, 3.05) is 18.0 Å². The third-order valence-corrected chi connectivity index (χ3v) is 2.50. The summed E-state index contributed by atoms with van der Waals surface area (Å²) in [4.78, 5) is 6.30. The molecule has 2 N–H and O–H groups in total. The lowest BCUT2D eigenvalue weighted by Crippen LogP contribution is -2.24. The predicted octanol–water partition coefficient (Wildman–Crippen LogP) is 2.37. The molecule has 0 aliphatic heterocycles. The van der Waals surface area contributed by atoms with Crippen LogP contribution in [0.5, 0.6) is 0 Å². The van der Waals surface area contributed by atoms with Gasteiger partial charge in [-0.1, -0.05) is 23.8 Å². The molecular formula is C12H16ClN3. The van der Waals surface area contributed by atoms with E-state index >= 15 is 0 Å². The Morgan fingerprint density at radius 2 is 2.00 bits per heavy atom. The average molecular weight is 238 g/mol. The number of halogens is 1. The van der Waals surface area contributed by atoms with Crippen molar-refractivity contribution in [2.24, 2.45) is 5.73 Å². The summed E-state index contributed by atoms with van der Waals surface area (Å²) >= 11 is 5.95. The van der Waals surface area contributed by atoms with Gasteiger partial charge in [-0.05, 0) is 11.6 Å². The molecule has 0 aliphatic rings. The zero-order chi connectivity index (χ0) is 12.0. The standard InChI is InChI=1S/C12H16ClN3/c1-3-5-16(6-4-2)12-7-10(8-14)11(13)9-15-12/h3-4,7,9H,1-2,5-6,8,14H2. The highest BCUT2D eigenvalue weighted by Gasteiger charge is 2.07. The van der Waals surface area contributed by atoms with Crippen molar-refractivity contribution in [3.05, 3.63) is 48.2 Å². The smallest absolute Gasteiger partial charge is 0.129 e. The van der Waals surface area contributed by atoms with Crippen LogP contribution in [-0.4, -0.2) is 18.1 Å². The number of hydrogen-bond donors (Lipinski definition) is 1. The Labute approximate surface area is 101 Å². The molecule has 1 aromatic rings. The molecular weight excluding hydrogens is 222 g/mol. The summed E-state index contributed by atoms with van der Waals surface area (Å²) in [5.41, 5.74) is 6.49. The third-order valence-electron chi connectivity index (χ3n) is 2.16. The van der Waals surface area contributed by atoms with E-state index in [1.54, 1.807) is 6.20 Å². The first-order chi connectivity index (χ1) is 7.72. The van der Waals surface area contributed by atoms with Gasteiger partial charge < -0.3 is 10.6 Å². The number of nitrogens with zero attached hydrogens (tertiary/aromatic N) is 2. The Morgan fingerprint density at radius 1 is 1.38 bits per heavy atom. The van der Waals surface area contributed by atoms with Gasteiger partial charge in [-0.15, -0.1) is 13.2 Å². The number of anilines is 1. The molecule has 0 saturated heterocycles. The van der Waals surface area contributed by atoms with E-state index in [0.717, 1.165) is 11.4 Å². The van der Waals surface area contributed by atoms with Gasteiger partial charge in [0.25, 0.3) is 0 Å². The second kappa shape index (κ2) is 6.30. The lowest BCUT2D eigenvalue weighted by molar-refractivity contribution is 0.918. The molecule has 0 fully saturated rings. The fourth-order valence-corrected chi connectivity index (χ4v) is 1.55. The van der Waals surface area contributed by atoms with Crippen LogP contribution in [0.25, 0.3) is 0 Å². The molecule has 16 heavy (non-hydrogen) atoms. The molecule has 0 unspecified atom stereocenters. The summed E-state index contributed by atoms with van der Waals surface area (Å²) in [6, 6.07) is 1.90. The minimum atomic E-state index is 0.407. The Balaban J connectivity index is 2.99. The summed E-state index contributed by atoms with van der Waals surface area (Å²) in [6.07, 6.45) is 5.27. The van der Waals surface area contributed by atoms with Crippen LogP contribution in [0.15, 0.2) is 37.6 Å². The molecule has 86 valence electrons. The zero-order valence-electron chi connectivity index (χ0n) is 9.19. The van der Waals surface area contributed by atoms with Gasteiger partial charge in [-0.3, -0.25) is 0 Å². The summed E-state index contributed by atoms with van der Waals surface area (Å²) in [7, 11) is 0. The normalized spacial score (nSPS) is 9.88. The number of nitrogens with two attached hydrogens (primary N) is 1. The largest absolute Gasteiger partial charge is 0.349 e. The monoisotopic (exact) mass is 237 g/mol. The molecule has 0 saturated carbocycles. The lowest BCUT2D eigenvalue weighted by Gasteiger charge is -2.21. The van der Waals surface area contributed by atoms with Crippen LogP contribution >= 0.6 is 11.6 Å². The molecule has 0 bridgehead atoms. The summed E-state index contributed by atoms with van der Waals surface area (Å²) in [5, 5.41) is 0.600. The van der Waals surface area contributed by atoms with Gasteiger partial charge in [0.05, 0.1) is 5.02 Å². The Hall–Kier alpha value is -1.32. The molecule has 0 atom stereocenters. The van der Waals surface area contributed by atoms with Gasteiger partial charge in [-0.2, -0.15) is 0 Å². The first-order valence-corrected chi connectivity index (χ1v) is 5.42. The number of hydrogen-bond acceptors (Lipinski definition) is 3. The van der Waals surface area contributed by atoms with Crippen LogP contribution in [0.1, 0.15) is 5.56 Å². The molecule has 4 heteroatoms. The fraction of sp³-hybridized carbons (Fsp3) is 0.250. The van der Waals surface area contributed by atoms with Crippen LogP contribution in [-0.2, 0) is 6.54 Å². The maximum atomic E-state index is 5.95. The van der Waals surface area contributed by atoms with E-state index in [2.05, 4.69) is 18.1 Å². The molecule has 0 amide bonds. The van der Waals surface area contributed by atoms with Gasteiger partial charge in [0, 0.05) is 25.8 Å². The molecule has 3 nitrogen and oxygen atoms in total. The average Bonchev–Trinajstić information content (AvgIpc) is 2.29. The van der Waals surface area contributed by atoms with E-state index in [9.17, 15) is 0 Å². The number of rotatable bonds is 6. The Bertz CT molecular complexity index is 367. The summed E-state index contributed by atoms with van der Waals surface area (Å²) in [5.74, 6) is 0.838. The Morgan fingerprint density at radius 3 is 2.50 bits per heavy atom. The molecule has 1 heterocycles. The highest BCUT2D eigenvalue weighted by Crippen LogP contribution is 2.19. The van der Waals surface area contributed by atoms with Crippen molar-refractivity contribution in [1.82, 2.24) is 4.98 Å². The number of pyridine rings is 1. The number of aromatic nitrogens is 1. The van der Waals surface area contributed by atoms with Crippen molar-refractivity contribution >= 4 is 17.4 Å². The molecule has 0 radical (unpaired) electrons. The quantitative estimate of drug-likeness (QED) is 0.773. The van der Waals surface area contributed by atoms with Gasteiger partial charge in [0.1, 0.15) is 5.82 Å². The second-order valence-corrected chi connectivity index (χ2v) is 3.73. The predicted molar refractivity (Wildman–Crippen MR) is 69.7 cm³/mol. The topological polar surface area (TPSA) is 42.1 Å². The fourth-order valence-electron chi connectivity index (χ4n) is 1.37. The first-order valence-electron chi connectivity index (χ1n) is 5.04. The van der Waals surface area contributed by atoms with E-state index in [0.29, 0.717) is 24.7 Å². The van der Waals surface area contributed by atoms with Gasteiger partial charge >= 0.3 is 0 Å². The lowest BCUT2D eigenvalue weighted by atomic mass is 10.2. The van der Waals surface area contributed by atoms with Gasteiger partial charge in [0.15, 0.2) is 0 Å². The maximum absolute atomic E-state index is 5.95. The first kappa shape index (κ1) is 12.7. The van der Waals surface area contributed by atoms with Crippen molar-refractivity contribution in [2.45, 2.75) is 6.54 Å². The van der Waals surface area contributed by atoms with Crippen molar-refractivity contribution in [3.8, 4) is 0 Å². The van der Waals surface area contributed by atoms with Crippen molar-refractivity contribution in [3.63, 3.8) is 0 Å². The highest BCUT2D eigenvalue weighted by molar-refractivity contribution is 6.31. The summed E-state index contributed by atoms with van der Waals surface area (Å²) < 4.78 is 0. The van der Waals surface area contributed by atoms with Crippen molar-refractivity contribution < 1.29 is 0 Å². The molecule has 1 aromatic heterocycles. The van der Waals surface area contributed by atoms with Gasteiger partial charge in [0.2, 0.25) is 0 Å². The SMILES string of the molecule is C=CCN(CC=C)c1cc(CN)c(Cl)cn1. The Kier molecular flexibility index (Phi) is 5.02. The van der Waals surface area contributed by atoms with E-state index in [-0.39, 0.29) is 0 Å². The van der Waals surface area contributed by atoms with Crippen molar-refractivity contribution in [1.29, 1.82) is 0 Å². The molecule has 0 spiro atoms. The molecule has 0 aromatic carbocycles. The minimum absolute atomic E-state index is 0.407. The van der Waals surface area contributed by atoms with E-state index in [1.807, 2.05) is 23.1 Å².